The van der Waals surface area contributed by atoms with Crippen LogP contribution in [0.15, 0.2) is 17.1 Å². The first-order chi connectivity index (χ1) is 9.91. The van der Waals surface area contributed by atoms with E-state index in [2.05, 4.69) is 0 Å². The second kappa shape index (κ2) is 6.07. The van der Waals surface area contributed by atoms with Gasteiger partial charge >= 0.3 is 0 Å². The highest BCUT2D eigenvalue weighted by Crippen LogP contribution is 2.17. The Morgan fingerprint density at radius 1 is 1.29 bits per heavy atom. The average molecular weight is 293 g/mol. The number of hydrogen-bond donors (Lipinski definition) is 0. The van der Waals surface area contributed by atoms with E-state index in [0.717, 1.165) is 25.3 Å². The number of pyridine rings is 1. The van der Waals surface area contributed by atoms with Crippen LogP contribution in [0.5, 0.6) is 0 Å². The van der Waals surface area contributed by atoms with Crippen molar-refractivity contribution in [3.05, 3.63) is 38.3 Å². The van der Waals surface area contributed by atoms with Gasteiger partial charge in [0.15, 0.2) is 0 Å². The normalized spacial score (nSPS) is 15.3. The van der Waals surface area contributed by atoms with Gasteiger partial charge in [-0.25, -0.2) is 0 Å². The molecule has 1 saturated heterocycles. The third-order valence-electron chi connectivity index (χ3n) is 3.67. The molecule has 2 heterocycles. The predicted molar refractivity (Wildman–Crippen MR) is 77.5 cm³/mol. The molecule has 1 amide bonds. The summed E-state index contributed by atoms with van der Waals surface area (Å²) in [7, 11) is 0. The van der Waals surface area contributed by atoms with Crippen LogP contribution in [-0.2, 0) is 0 Å². The van der Waals surface area contributed by atoms with Gasteiger partial charge in [-0.15, -0.1) is 0 Å². The number of piperidine rings is 1. The van der Waals surface area contributed by atoms with Gasteiger partial charge in [0.2, 0.25) is 0 Å². The zero-order valence-corrected chi connectivity index (χ0v) is 12.2. The Morgan fingerprint density at radius 3 is 2.43 bits per heavy atom. The molecule has 0 radical (unpaired) electrons. The van der Waals surface area contributed by atoms with Gasteiger partial charge in [0.05, 0.1) is 11.1 Å². The molecule has 0 unspecified atom stereocenters. The molecule has 0 aliphatic carbocycles. The maximum Gasteiger partial charge on any atom is 0.286 e. The van der Waals surface area contributed by atoms with E-state index in [1.807, 2.05) is 0 Å². The summed E-state index contributed by atoms with van der Waals surface area (Å²) < 4.78 is 1.25. The molecule has 0 saturated carbocycles. The van der Waals surface area contributed by atoms with Crippen LogP contribution >= 0.6 is 0 Å². The van der Waals surface area contributed by atoms with E-state index in [0.29, 0.717) is 13.1 Å². The largest absolute Gasteiger partial charge is 0.338 e. The zero-order valence-electron chi connectivity index (χ0n) is 12.2. The molecule has 1 aliphatic rings. The number of aromatic nitrogens is 1. The van der Waals surface area contributed by atoms with Crippen LogP contribution in [0.2, 0.25) is 0 Å². The summed E-state index contributed by atoms with van der Waals surface area (Å²) in [4.78, 5) is 36.9. The van der Waals surface area contributed by atoms with Crippen molar-refractivity contribution in [3.8, 4) is 0 Å². The number of carbonyl (C=O) groups excluding carboxylic acids is 1. The highest BCUT2D eigenvalue weighted by molar-refractivity contribution is 5.94. The molecule has 1 aromatic heterocycles. The van der Waals surface area contributed by atoms with Crippen molar-refractivity contribution < 1.29 is 9.72 Å². The summed E-state index contributed by atoms with van der Waals surface area (Å²) in [6, 6.07) is 0.850. The third kappa shape index (κ3) is 3.12. The first-order valence-electron chi connectivity index (χ1n) is 7.11. The van der Waals surface area contributed by atoms with E-state index in [9.17, 15) is 19.7 Å². The molecule has 0 bridgehead atoms. The Bertz CT molecular complexity index is 615. The number of amides is 1. The Labute approximate surface area is 122 Å². The monoisotopic (exact) mass is 293 g/mol. The second-order valence-corrected chi connectivity index (χ2v) is 5.53. The summed E-state index contributed by atoms with van der Waals surface area (Å²) in [5, 5.41) is 11.0. The van der Waals surface area contributed by atoms with Gasteiger partial charge in [-0.1, -0.05) is 0 Å². The minimum Gasteiger partial charge on any atom is -0.338 e. The highest BCUT2D eigenvalue weighted by Gasteiger charge is 2.25. The lowest BCUT2D eigenvalue weighted by atomic mass is 10.1. The Balaban J connectivity index is 2.48. The average Bonchev–Trinajstić information content (AvgIpc) is 2.47. The molecule has 7 heteroatoms. The van der Waals surface area contributed by atoms with Gasteiger partial charge < -0.3 is 9.47 Å². The van der Waals surface area contributed by atoms with Crippen molar-refractivity contribution in [1.82, 2.24) is 9.47 Å². The lowest BCUT2D eigenvalue weighted by Crippen LogP contribution is -2.39. The van der Waals surface area contributed by atoms with Crippen molar-refractivity contribution >= 4 is 11.6 Å². The fraction of sp³-hybridized carbons (Fsp3) is 0.571. The Hall–Kier alpha value is -2.18. The lowest BCUT2D eigenvalue weighted by molar-refractivity contribution is -0.385. The molecule has 0 aromatic carbocycles. The SMILES string of the molecule is CC(C)n1cc([N+](=O)[O-])cc(C(=O)N2CCCCC2)c1=O. The van der Waals surface area contributed by atoms with Crippen LogP contribution in [0.3, 0.4) is 0 Å². The van der Waals surface area contributed by atoms with Crippen molar-refractivity contribution in [3.63, 3.8) is 0 Å². The van der Waals surface area contributed by atoms with Gasteiger partial charge in [-0.2, -0.15) is 0 Å². The molecule has 1 aromatic rings. The molecule has 114 valence electrons. The Morgan fingerprint density at radius 2 is 1.90 bits per heavy atom. The number of rotatable bonds is 3. The number of likely N-dealkylation sites (tertiary alicyclic amines) is 1. The van der Waals surface area contributed by atoms with Crippen molar-refractivity contribution in [1.29, 1.82) is 0 Å². The number of hydrogen-bond acceptors (Lipinski definition) is 4. The van der Waals surface area contributed by atoms with E-state index in [1.165, 1.54) is 10.8 Å². The van der Waals surface area contributed by atoms with E-state index in [1.54, 1.807) is 18.7 Å². The van der Waals surface area contributed by atoms with E-state index >= 15 is 0 Å². The lowest BCUT2D eigenvalue weighted by Gasteiger charge is -2.26. The molecule has 1 fully saturated rings. The predicted octanol–water partition coefficient (Wildman–Crippen LogP) is 1.96. The van der Waals surface area contributed by atoms with Crippen LogP contribution in [0.1, 0.15) is 49.5 Å². The standard InChI is InChI=1S/C14H19N3O4/c1-10(2)16-9-11(17(20)21)8-12(14(16)19)13(18)15-6-4-3-5-7-15/h8-10H,3-7H2,1-2H3. The molecule has 21 heavy (non-hydrogen) atoms. The zero-order chi connectivity index (χ0) is 15.6. The maximum absolute atomic E-state index is 12.5. The summed E-state index contributed by atoms with van der Waals surface area (Å²) in [6.07, 6.45) is 4.06. The minimum absolute atomic E-state index is 0.111. The first-order valence-corrected chi connectivity index (χ1v) is 7.11. The van der Waals surface area contributed by atoms with Crippen LogP contribution in [0.4, 0.5) is 5.69 Å². The molecule has 0 atom stereocenters. The van der Waals surface area contributed by atoms with Crippen LogP contribution in [0, 0.1) is 10.1 Å². The Kier molecular flexibility index (Phi) is 4.40. The molecule has 2 rings (SSSR count). The van der Waals surface area contributed by atoms with Crippen molar-refractivity contribution in [2.24, 2.45) is 0 Å². The topological polar surface area (TPSA) is 85.4 Å². The van der Waals surface area contributed by atoms with Crippen molar-refractivity contribution in [2.45, 2.75) is 39.2 Å². The van der Waals surface area contributed by atoms with Gasteiger partial charge in [0.25, 0.3) is 17.2 Å². The fourth-order valence-corrected chi connectivity index (χ4v) is 2.49. The summed E-state index contributed by atoms with van der Waals surface area (Å²) >= 11 is 0. The number of nitro groups is 1. The number of carbonyl (C=O) groups is 1. The highest BCUT2D eigenvalue weighted by atomic mass is 16.6. The van der Waals surface area contributed by atoms with Gasteiger partial charge in [0.1, 0.15) is 5.56 Å². The molecule has 0 spiro atoms. The van der Waals surface area contributed by atoms with Crippen molar-refractivity contribution in [2.75, 3.05) is 13.1 Å². The fourth-order valence-electron chi connectivity index (χ4n) is 2.49. The quantitative estimate of drug-likeness (QED) is 0.629. The number of nitrogens with zero attached hydrogens (tertiary/aromatic N) is 3. The summed E-state index contributed by atoms with van der Waals surface area (Å²) in [6.45, 7) is 4.70. The van der Waals surface area contributed by atoms with Crippen LogP contribution < -0.4 is 5.56 Å². The van der Waals surface area contributed by atoms with Gasteiger partial charge in [-0.05, 0) is 33.1 Å². The van der Waals surface area contributed by atoms with Gasteiger partial charge in [-0.3, -0.25) is 19.7 Å². The summed E-state index contributed by atoms with van der Waals surface area (Å²) in [5.41, 5.74) is -0.811. The smallest absolute Gasteiger partial charge is 0.286 e. The molecule has 7 nitrogen and oxygen atoms in total. The maximum atomic E-state index is 12.5. The molecule has 0 N–H and O–H groups in total. The first kappa shape index (κ1) is 15.2. The van der Waals surface area contributed by atoms with E-state index < -0.39 is 16.4 Å². The van der Waals surface area contributed by atoms with Gasteiger partial charge in [0, 0.05) is 25.2 Å². The summed E-state index contributed by atoms with van der Waals surface area (Å²) in [5.74, 6) is -0.405. The van der Waals surface area contributed by atoms with E-state index in [4.69, 9.17) is 0 Å². The van der Waals surface area contributed by atoms with Crippen LogP contribution in [0.25, 0.3) is 0 Å². The minimum atomic E-state index is -0.578. The second-order valence-electron chi connectivity index (χ2n) is 5.53. The van der Waals surface area contributed by atoms with Crippen LogP contribution in [-0.4, -0.2) is 33.4 Å². The molecule has 1 aliphatic heterocycles. The third-order valence-corrected chi connectivity index (χ3v) is 3.67. The molecular formula is C14H19N3O4. The molecular weight excluding hydrogens is 274 g/mol. The van der Waals surface area contributed by atoms with E-state index in [-0.39, 0.29) is 17.3 Å².